The van der Waals surface area contributed by atoms with Gasteiger partial charge in [-0.05, 0) is 18.2 Å². The van der Waals surface area contributed by atoms with Crippen LogP contribution in [0, 0.1) is 0 Å². The number of aromatic nitrogens is 1. The predicted molar refractivity (Wildman–Crippen MR) is 65.3 cm³/mol. The Kier molecular flexibility index (Phi) is 3.68. The molecule has 0 bridgehead atoms. The standard InChI is InChI=1S/C11H10ClF2N3O2/c12-7-2-1-3-15-9(7)17-8(10(18)19)4-11(5-13,6-14)16-17/h1-4,16H,5-6H2,(H,18,19). The van der Waals surface area contributed by atoms with Crippen LogP contribution < -0.4 is 10.4 Å². The molecule has 0 unspecified atom stereocenters. The molecule has 19 heavy (non-hydrogen) atoms. The molecule has 1 aromatic rings. The Morgan fingerprint density at radius 2 is 2.21 bits per heavy atom. The van der Waals surface area contributed by atoms with Gasteiger partial charge in [-0.15, -0.1) is 0 Å². The summed E-state index contributed by atoms with van der Waals surface area (Å²) >= 11 is 5.90. The van der Waals surface area contributed by atoms with E-state index in [9.17, 15) is 13.6 Å². The van der Waals surface area contributed by atoms with Crippen LogP contribution in [0.1, 0.15) is 0 Å². The number of carbonyl (C=O) groups is 1. The van der Waals surface area contributed by atoms with Crippen LogP contribution in [-0.2, 0) is 4.79 Å². The molecule has 1 aliphatic heterocycles. The largest absolute Gasteiger partial charge is 0.477 e. The van der Waals surface area contributed by atoms with Gasteiger partial charge in [0, 0.05) is 6.20 Å². The van der Waals surface area contributed by atoms with Crippen LogP contribution in [0.4, 0.5) is 14.6 Å². The topological polar surface area (TPSA) is 65.5 Å². The second-order valence-corrected chi connectivity index (χ2v) is 4.42. The summed E-state index contributed by atoms with van der Waals surface area (Å²) < 4.78 is 25.9. The number of nitrogens with zero attached hydrogens (tertiary/aromatic N) is 2. The molecule has 0 fully saturated rings. The van der Waals surface area contributed by atoms with Crippen LogP contribution in [-0.4, -0.2) is 34.9 Å². The molecule has 102 valence electrons. The lowest BCUT2D eigenvalue weighted by molar-refractivity contribution is -0.132. The molecule has 1 aromatic heterocycles. The monoisotopic (exact) mass is 289 g/mol. The van der Waals surface area contributed by atoms with E-state index in [0.29, 0.717) is 0 Å². The van der Waals surface area contributed by atoms with Crippen molar-refractivity contribution in [2.45, 2.75) is 5.54 Å². The fourth-order valence-electron chi connectivity index (χ4n) is 1.68. The number of hydrogen-bond donors (Lipinski definition) is 2. The Bertz CT molecular complexity index is 534. The van der Waals surface area contributed by atoms with Crippen molar-refractivity contribution in [3.05, 3.63) is 35.1 Å². The van der Waals surface area contributed by atoms with E-state index >= 15 is 0 Å². The van der Waals surface area contributed by atoms with E-state index in [4.69, 9.17) is 16.7 Å². The van der Waals surface area contributed by atoms with Crippen LogP contribution in [0.3, 0.4) is 0 Å². The van der Waals surface area contributed by atoms with Crippen LogP contribution in [0.15, 0.2) is 30.1 Å². The zero-order valence-electron chi connectivity index (χ0n) is 9.61. The first-order valence-corrected chi connectivity index (χ1v) is 5.67. The number of hydrazine groups is 1. The Balaban J connectivity index is 2.45. The molecule has 0 spiro atoms. The third-order valence-electron chi connectivity index (χ3n) is 2.64. The third-order valence-corrected chi connectivity index (χ3v) is 2.93. The molecule has 2 heterocycles. The average Bonchev–Trinajstić information content (AvgIpc) is 2.80. The highest BCUT2D eigenvalue weighted by atomic mass is 35.5. The summed E-state index contributed by atoms with van der Waals surface area (Å²) in [5.74, 6) is -1.26. The summed E-state index contributed by atoms with van der Waals surface area (Å²) in [6, 6.07) is 3.06. The summed E-state index contributed by atoms with van der Waals surface area (Å²) in [6.07, 6.45) is 2.38. The first-order chi connectivity index (χ1) is 9.03. The number of hydrogen-bond acceptors (Lipinski definition) is 4. The highest BCUT2D eigenvalue weighted by Gasteiger charge is 2.41. The van der Waals surface area contributed by atoms with E-state index in [1.165, 1.54) is 12.3 Å². The second-order valence-electron chi connectivity index (χ2n) is 4.01. The maximum absolute atomic E-state index is 13.0. The van der Waals surface area contributed by atoms with E-state index in [-0.39, 0.29) is 16.5 Å². The Morgan fingerprint density at radius 1 is 1.53 bits per heavy atom. The molecule has 0 aliphatic carbocycles. The summed E-state index contributed by atoms with van der Waals surface area (Å²) in [4.78, 5) is 15.1. The second kappa shape index (κ2) is 5.10. The van der Waals surface area contributed by atoms with E-state index in [2.05, 4.69) is 10.4 Å². The smallest absolute Gasteiger partial charge is 0.353 e. The minimum atomic E-state index is -1.70. The highest BCUT2D eigenvalue weighted by molar-refractivity contribution is 6.33. The maximum atomic E-state index is 13.0. The van der Waals surface area contributed by atoms with Crippen molar-refractivity contribution in [2.75, 3.05) is 18.4 Å². The Labute approximate surface area is 112 Å². The molecule has 0 radical (unpaired) electrons. The number of halogens is 3. The molecular weight excluding hydrogens is 280 g/mol. The van der Waals surface area contributed by atoms with Gasteiger partial charge in [0.05, 0.1) is 5.02 Å². The predicted octanol–water partition coefficient (Wildman–Crippen LogP) is 1.71. The number of alkyl halides is 2. The Hall–Kier alpha value is -1.73. The number of rotatable bonds is 4. The van der Waals surface area contributed by atoms with Gasteiger partial charge in [0.25, 0.3) is 0 Å². The van der Waals surface area contributed by atoms with Gasteiger partial charge in [0.15, 0.2) is 5.82 Å². The number of aliphatic carboxylic acids is 1. The lowest BCUT2D eigenvalue weighted by atomic mass is 10.1. The quantitative estimate of drug-likeness (QED) is 0.883. The number of carboxylic acids is 1. The van der Waals surface area contributed by atoms with Gasteiger partial charge in [-0.2, -0.15) is 0 Å². The summed E-state index contributed by atoms with van der Waals surface area (Å²) in [7, 11) is 0. The molecule has 0 atom stereocenters. The van der Waals surface area contributed by atoms with Crippen molar-refractivity contribution < 1.29 is 18.7 Å². The Morgan fingerprint density at radius 3 is 2.74 bits per heavy atom. The van der Waals surface area contributed by atoms with E-state index < -0.39 is 24.9 Å². The molecule has 2 rings (SSSR count). The molecule has 8 heteroatoms. The van der Waals surface area contributed by atoms with Gasteiger partial charge in [-0.3, -0.25) is 5.01 Å². The number of carboxylic acid groups (broad SMARTS) is 1. The number of nitrogens with one attached hydrogen (secondary N) is 1. The summed E-state index contributed by atoms with van der Waals surface area (Å²) in [5, 5.41) is 10.2. The maximum Gasteiger partial charge on any atom is 0.353 e. The van der Waals surface area contributed by atoms with E-state index in [0.717, 1.165) is 11.1 Å². The minimum absolute atomic E-state index is 0.0709. The van der Waals surface area contributed by atoms with E-state index in [1.54, 1.807) is 6.07 Å². The molecule has 0 aromatic carbocycles. The van der Waals surface area contributed by atoms with Gasteiger partial charge >= 0.3 is 5.97 Å². The highest BCUT2D eigenvalue weighted by Crippen LogP contribution is 2.31. The van der Waals surface area contributed by atoms with Gasteiger partial charge in [-0.25, -0.2) is 24.0 Å². The van der Waals surface area contributed by atoms with Crippen molar-refractivity contribution in [2.24, 2.45) is 0 Å². The molecule has 0 amide bonds. The van der Waals surface area contributed by atoms with Gasteiger partial charge in [0.1, 0.15) is 24.6 Å². The van der Waals surface area contributed by atoms with Crippen LogP contribution in [0.25, 0.3) is 0 Å². The van der Waals surface area contributed by atoms with Crippen LogP contribution >= 0.6 is 11.6 Å². The fraction of sp³-hybridized carbons (Fsp3) is 0.273. The zero-order valence-corrected chi connectivity index (χ0v) is 10.4. The molecule has 2 N–H and O–H groups in total. The minimum Gasteiger partial charge on any atom is -0.477 e. The molecule has 5 nitrogen and oxygen atoms in total. The van der Waals surface area contributed by atoms with Gasteiger partial charge in [0.2, 0.25) is 0 Å². The SMILES string of the molecule is O=C(O)C1=CC(CF)(CF)NN1c1ncccc1Cl. The first-order valence-electron chi connectivity index (χ1n) is 5.29. The molecule has 1 aliphatic rings. The van der Waals surface area contributed by atoms with Crippen molar-refractivity contribution in [1.82, 2.24) is 10.4 Å². The lowest BCUT2D eigenvalue weighted by Crippen LogP contribution is -2.51. The number of anilines is 1. The van der Waals surface area contributed by atoms with Crippen molar-refractivity contribution in [3.63, 3.8) is 0 Å². The fourth-order valence-corrected chi connectivity index (χ4v) is 1.89. The van der Waals surface area contributed by atoms with E-state index in [1.807, 2.05) is 0 Å². The third kappa shape index (κ3) is 2.39. The van der Waals surface area contributed by atoms with Crippen molar-refractivity contribution >= 4 is 23.4 Å². The van der Waals surface area contributed by atoms with Crippen LogP contribution in [0.2, 0.25) is 5.02 Å². The first kappa shape index (κ1) is 13.7. The zero-order chi connectivity index (χ0) is 14.0. The van der Waals surface area contributed by atoms with Crippen LogP contribution in [0.5, 0.6) is 0 Å². The average molecular weight is 290 g/mol. The number of pyridine rings is 1. The van der Waals surface area contributed by atoms with Crippen molar-refractivity contribution in [3.8, 4) is 0 Å². The molecular formula is C11H10ClF2N3O2. The summed E-state index contributed by atoms with van der Waals surface area (Å²) in [5.41, 5.74) is 0.432. The molecule has 0 saturated heterocycles. The lowest BCUT2D eigenvalue weighted by Gasteiger charge is -2.26. The summed E-state index contributed by atoms with van der Waals surface area (Å²) in [6.45, 7) is -2.19. The van der Waals surface area contributed by atoms with Crippen molar-refractivity contribution in [1.29, 1.82) is 0 Å². The normalized spacial score (nSPS) is 17.4. The molecule has 0 saturated carbocycles. The van der Waals surface area contributed by atoms with Gasteiger partial charge in [-0.1, -0.05) is 11.6 Å². The van der Waals surface area contributed by atoms with Gasteiger partial charge < -0.3 is 5.11 Å².